The lowest BCUT2D eigenvalue weighted by Gasteiger charge is -2.04. The molecule has 0 atom stereocenters. The van der Waals surface area contributed by atoms with Gasteiger partial charge >= 0.3 is 0 Å². The van der Waals surface area contributed by atoms with Crippen molar-refractivity contribution >= 4 is 45.2 Å². The fourth-order valence-electron chi connectivity index (χ4n) is 1.26. The van der Waals surface area contributed by atoms with Crippen LogP contribution in [0, 0.1) is 0 Å². The van der Waals surface area contributed by atoms with Crippen LogP contribution in [0.25, 0.3) is 10.2 Å². The van der Waals surface area contributed by atoms with Gasteiger partial charge in [0.2, 0.25) is 11.9 Å². The molecule has 17 heavy (non-hydrogen) atoms. The molecule has 2 heterocycles. The van der Waals surface area contributed by atoms with E-state index in [-0.39, 0.29) is 5.91 Å². The summed E-state index contributed by atoms with van der Waals surface area (Å²) in [5.41, 5.74) is 0. The van der Waals surface area contributed by atoms with Crippen LogP contribution in [0.15, 0.2) is 16.5 Å². The van der Waals surface area contributed by atoms with Gasteiger partial charge in [0.15, 0.2) is 0 Å². The summed E-state index contributed by atoms with van der Waals surface area (Å²) in [7, 11) is 3.41. The zero-order valence-corrected chi connectivity index (χ0v) is 11.1. The Morgan fingerprint density at radius 3 is 3.00 bits per heavy atom. The molecular formula is C10H12N4OS2. The first kappa shape index (κ1) is 12.1. The van der Waals surface area contributed by atoms with E-state index in [1.165, 1.54) is 11.8 Å². The summed E-state index contributed by atoms with van der Waals surface area (Å²) in [6.07, 6.45) is 0. The van der Waals surface area contributed by atoms with E-state index >= 15 is 0 Å². The number of fused-ring (bicyclic) bond motifs is 1. The van der Waals surface area contributed by atoms with E-state index in [2.05, 4.69) is 20.6 Å². The van der Waals surface area contributed by atoms with Gasteiger partial charge in [0.05, 0.1) is 5.75 Å². The molecule has 1 amide bonds. The van der Waals surface area contributed by atoms with Gasteiger partial charge in [-0.1, -0.05) is 11.8 Å². The van der Waals surface area contributed by atoms with Crippen LogP contribution in [0.2, 0.25) is 0 Å². The fraction of sp³-hybridized carbons (Fsp3) is 0.300. The van der Waals surface area contributed by atoms with Gasteiger partial charge in [0, 0.05) is 19.5 Å². The number of thiophene rings is 1. The van der Waals surface area contributed by atoms with E-state index in [4.69, 9.17) is 0 Å². The van der Waals surface area contributed by atoms with E-state index in [1.807, 2.05) is 11.4 Å². The van der Waals surface area contributed by atoms with Crippen molar-refractivity contribution in [2.24, 2.45) is 0 Å². The van der Waals surface area contributed by atoms with Crippen LogP contribution >= 0.6 is 23.1 Å². The van der Waals surface area contributed by atoms with E-state index in [0.29, 0.717) is 11.7 Å². The predicted molar refractivity (Wildman–Crippen MR) is 71.8 cm³/mol. The van der Waals surface area contributed by atoms with Gasteiger partial charge in [0.25, 0.3) is 0 Å². The minimum absolute atomic E-state index is 0.0111. The molecule has 7 heteroatoms. The highest BCUT2D eigenvalue weighted by Crippen LogP contribution is 2.29. The topological polar surface area (TPSA) is 66.9 Å². The second kappa shape index (κ2) is 5.33. The Balaban J connectivity index is 2.30. The number of aromatic nitrogens is 2. The number of carbonyl (C=O) groups excluding carboxylic acids is 1. The molecule has 0 radical (unpaired) electrons. The van der Waals surface area contributed by atoms with Crippen molar-refractivity contribution in [1.82, 2.24) is 15.3 Å². The lowest BCUT2D eigenvalue weighted by Crippen LogP contribution is -2.19. The Morgan fingerprint density at radius 1 is 1.47 bits per heavy atom. The Hall–Kier alpha value is -1.34. The van der Waals surface area contributed by atoms with Gasteiger partial charge in [-0.3, -0.25) is 4.79 Å². The van der Waals surface area contributed by atoms with E-state index < -0.39 is 0 Å². The van der Waals surface area contributed by atoms with Crippen molar-refractivity contribution in [3.05, 3.63) is 11.4 Å². The van der Waals surface area contributed by atoms with Crippen LogP contribution in [0.4, 0.5) is 5.95 Å². The molecule has 0 saturated heterocycles. The summed E-state index contributed by atoms with van der Waals surface area (Å²) in [4.78, 5) is 20.9. The Morgan fingerprint density at radius 2 is 2.29 bits per heavy atom. The number of carbonyl (C=O) groups is 1. The molecule has 2 N–H and O–H groups in total. The number of anilines is 1. The zero-order chi connectivity index (χ0) is 12.3. The highest BCUT2D eigenvalue weighted by molar-refractivity contribution is 8.00. The van der Waals surface area contributed by atoms with Gasteiger partial charge in [-0.2, -0.15) is 0 Å². The van der Waals surface area contributed by atoms with Crippen LogP contribution in [-0.4, -0.2) is 35.7 Å². The average Bonchev–Trinajstić information content (AvgIpc) is 2.83. The summed E-state index contributed by atoms with van der Waals surface area (Å²) in [5.74, 6) is 0.934. The molecule has 0 fully saturated rings. The molecule has 0 aliphatic rings. The Kier molecular flexibility index (Phi) is 3.80. The van der Waals surface area contributed by atoms with Gasteiger partial charge in [-0.05, 0) is 11.4 Å². The first-order valence-electron chi connectivity index (χ1n) is 5.01. The number of rotatable bonds is 4. The van der Waals surface area contributed by atoms with Crippen molar-refractivity contribution < 1.29 is 4.79 Å². The van der Waals surface area contributed by atoms with Gasteiger partial charge in [-0.15, -0.1) is 11.3 Å². The number of hydrogen-bond acceptors (Lipinski definition) is 6. The molecule has 2 aromatic heterocycles. The summed E-state index contributed by atoms with van der Waals surface area (Å²) in [6, 6.07) is 1.98. The maximum atomic E-state index is 11.2. The zero-order valence-electron chi connectivity index (χ0n) is 9.48. The van der Waals surface area contributed by atoms with Gasteiger partial charge in [0.1, 0.15) is 9.86 Å². The van der Waals surface area contributed by atoms with Gasteiger partial charge in [-0.25, -0.2) is 9.97 Å². The molecular weight excluding hydrogens is 256 g/mol. The lowest BCUT2D eigenvalue weighted by atomic mass is 10.4. The maximum Gasteiger partial charge on any atom is 0.230 e. The van der Waals surface area contributed by atoms with Crippen molar-refractivity contribution in [3.8, 4) is 0 Å². The van der Waals surface area contributed by atoms with E-state index in [0.717, 1.165) is 15.2 Å². The molecule has 0 unspecified atom stereocenters. The SMILES string of the molecule is CNC(=O)CSc1nc(NC)nc2sccc12. The summed E-state index contributed by atoms with van der Waals surface area (Å²) >= 11 is 2.99. The molecule has 0 spiro atoms. The first-order valence-corrected chi connectivity index (χ1v) is 6.87. The first-order chi connectivity index (χ1) is 8.24. The smallest absolute Gasteiger partial charge is 0.230 e. The molecule has 0 aromatic carbocycles. The van der Waals surface area contributed by atoms with Crippen molar-refractivity contribution in [2.75, 3.05) is 25.2 Å². The van der Waals surface area contributed by atoms with Crippen LogP contribution in [0.1, 0.15) is 0 Å². The van der Waals surface area contributed by atoms with Crippen LogP contribution in [0.3, 0.4) is 0 Å². The Labute approximate surface area is 107 Å². The third-order valence-electron chi connectivity index (χ3n) is 2.13. The quantitative estimate of drug-likeness (QED) is 0.651. The number of amides is 1. The largest absolute Gasteiger partial charge is 0.358 e. The molecule has 0 saturated carbocycles. The maximum absolute atomic E-state index is 11.2. The molecule has 0 bridgehead atoms. The number of thioether (sulfide) groups is 1. The summed E-state index contributed by atoms with van der Waals surface area (Å²) in [5, 5.41) is 9.33. The number of nitrogens with one attached hydrogen (secondary N) is 2. The average molecular weight is 268 g/mol. The second-order valence-electron chi connectivity index (χ2n) is 3.20. The number of nitrogens with zero attached hydrogens (tertiary/aromatic N) is 2. The second-order valence-corrected chi connectivity index (χ2v) is 5.06. The molecule has 2 aromatic rings. The third kappa shape index (κ3) is 2.67. The number of hydrogen-bond donors (Lipinski definition) is 2. The minimum atomic E-state index is -0.0111. The monoisotopic (exact) mass is 268 g/mol. The van der Waals surface area contributed by atoms with Crippen LogP contribution in [-0.2, 0) is 4.79 Å². The molecule has 2 rings (SSSR count). The normalized spacial score (nSPS) is 10.5. The molecule has 0 aliphatic heterocycles. The summed E-state index contributed by atoms with van der Waals surface area (Å²) in [6.45, 7) is 0. The van der Waals surface area contributed by atoms with E-state index in [9.17, 15) is 4.79 Å². The van der Waals surface area contributed by atoms with Crippen LogP contribution < -0.4 is 10.6 Å². The standard InChI is InChI=1S/C10H12N4OS2/c1-11-7(15)5-17-9-6-3-4-16-8(6)13-10(12-2)14-9/h3-4H,5H2,1-2H3,(H,11,15)(H,12,13,14). The van der Waals surface area contributed by atoms with Crippen molar-refractivity contribution in [3.63, 3.8) is 0 Å². The highest BCUT2D eigenvalue weighted by Gasteiger charge is 2.10. The van der Waals surface area contributed by atoms with Crippen molar-refractivity contribution in [1.29, 1.82) is 0 Å². The third-order valence-corrected chi connectivity index (χ3v) is 3.93. The Bertz CT molecular complexity index is 540. The fourth-order valence-corrected chi connectivity index (χ4v) is 2.97. The molecule has 0 aliphatic carbocycles. The summed E-state index contributed by atoms with van der Waals surface area (Å²) < 4.78 is 0. The van der Waals surface area contributed by atoms with Crippen LogP contribution in [0.5, 0.6) is 0 Å². The minimum Gasteiger partial charge on any atom is -0.358 e. The predicted octanol–water partition coefficient (Wildman–Crippen LogP) is 1.57. The van der Waals surface area contributed by atoms with E-state index in [1.54, 1.807) is 25.4 Å². The molecule has 90 valence electrons. The highest BCUT2D eigenvalue weighted by atomic mass is 32.2. The van der Waals surface area contributed by atoms with Crippen molar-refractivity contribution in [2.45, 2.75) is 5.03 Å². The lowest BCUT2D eigenvalue weighted by molar-refractivity contribution is -0.118. The molecule has 5 nitrogen and oxygen atoms in total. The van der Waals surface area contributed by atoms with Gasteiger partial charge < -0.3 is 10.6 Å².